The number of carbonyl (C=O) groups excluding carboxylic acids is 2. The van der Waals surface area contributed by atoms with Crippen LogP contribution in [0.3, 0.4) is 0 Å². The number of anilines is 1. The van der Waals surface area contributed by atoms with Crippen LogP contribution in [0.4, 0.5) is 5.69 Å². The van der Waals surface area contributed by atoms with Gasteiger partial charge in [0.1, 0.15) is 0 Å². The summed E-state index contributed by atoms with van der Waals surface area (Å²) >= 11 is 0. The average Bonchev–Trinajstić information content (AvgIpc) is 3.11. The highest BCUT2D eigenvalue weighted by atomic mass is 16.2. The highest BCUT2D eigenvalue weighted by molar-refractivity contribution is 5.94. The van der Waals surface area contributed by atoms with Crippen LogP contribution in [0.1, 0.15) is 61.7 Å². The number of rotatable bonds is 4. The van der Waals surface area contributed by atoms with E-state index in [1.54, 1.807) is 0 Å². The number of carbonyl (C=O) groups is 2. The lowest BCUT2D eigenvalue weighted by Gasteiger charge is -2.21. The van der Waals surface area contributed by atoms with E-state index in [0.717, 1.165) is 63.1 Å². The predicted molar refractivity (Wildman–Crippen MR) is 104 cm³/mol. The van der Waals surface area contributed by atoms with Crippen molar-refractivity contribution in [1.82, 2.24) is 9.80 Å². The lowest BCUT2D eigenvalue weighted by atomic mass is 10.1. The fourth-order valence-corrected chi connectivity index (χ4v) is 3.80. The van der Waals surface area contributed by atoms with E-state index in [0.29, 0.717) is 6.54 Å². The van der Waals surface area contributed by atoms with Crippen LogP contribution in [-0.2, 0) is 4.79 Å². The smallest absolute Gasteiger partial charge is 0.253 e. The highest BCUT2D eigenvalue weighted by Crippen LogP contribution is 2.16. The number of hydrogen-bond donors (Lipinski definition) is 1. The molecule has 5 heteroatoms. The molecule has 26 heavy (non-hydrogen) atoms. The van der Waals surface area contributed by atoms with Crippen molar-refractivity contribution in [3.8, 4) is 0 Å². The van der Waals surface area contributed by atoms with E-state index < -0.39 is 0 Å². The van der Waals surface area contributed by atoms with Crippen LogP contribution in [0.25, 0.3) is 0 Å². The third kappa shape index (κ3) is 5.23. The summed E-state index contributed by atoms with van der Waals surface area (Å²) in [6, 6.07) is 7.54. The third-order valence-corrected chi connectivity index (χ3v) is 5.43. The van der Waals surface area contributed by atoms with E-state index in [9.17, 15) is 9.59 Å². The van der Waals surface area contributed by atoms with Gasteiger partial charge in [-0.1, -0.05) is 25.7 Å². The summed E-state index contributed by atoms with van der Waals surface area (Å²) < 4.78 is 0. The van der Waals surface area contributed by atoms with Crippen LogP contribution >= 0.6 is 0 Å². The molecule has 1 N–H and O–H groups in total. The van der Waals surface area contributed by atoms with Crippen molar-refractivity contribution >= 4 is 17.5 Å². The van der Waals surface area contributed by atoms with Crippen molar-refractivity contribution in [1.29, 1.82) is 0 Å². The molecule has 2 aliphatic heterocycles. The quantitative estimate of drug-likeness (QED) is 0.897. The number of nitrogens with one attached hydrogen (secondary N) is 1. The second kappa shape index (κ2) is 9.60. The molecule has 3 rings (SSSR count). The summed E-state index contributed by atoms with van der Waals surface area (Å²) in [5.74, 6) is 0.288. The molecule has 0 unspecified atom stereocenters. The topological polar surface area (TPSA) is 52.7 Å². The van der Waals surface area contributed by atoms with E-state index >= 15 is 0 Å². The molecule has 2 aliphatic rings. The largest absolute Gasteiger partial charge is 0.376 e. The zero-order chi connectivity index (χ0) is 18.2. The second-order valence-corrected chi connectivity index (χ2v) is 7.43. The number of amides is 2. The molecule has 2 heterocycles. The number of nitrogens with zero attached hydrogens (tertiary/aromatic N) is 2. The minimum absolute atomic E-state index is 0.124. The first-order chi connectivity index (χ1) is 12.7. The van der Waals surface area contributed by atoms with Gasteiger partial charge in [-0.2, -0.15) is 0 Å². The van der Waals surface area contributed by atoms with Crippen LogP contribution in [-0.4, -0.2) is 54.3 Å². The van der Waals surface area contributed by atoms with Crippen molar-refractivity contribution < 1.29 is 9.59 Å². The minimum Gasteiger partial charge on any atom is -0.376 e. The monoisotopic (exact) mass is 357 g/mol. The van der Waals surface area contributed by atoms with Crippen LogP contribution in [0.5, 0.6) is 0 Å². The summed E-state index contributed by atoms with van der Waals surface area (Å²) in [7, 11) is 0. The van der Waals surface area contributed by atoms with E-state index in [2.05, 4.69) is 5.32 Å². The van der Waals surface area contributed by atoms with Crippen molar-refractivity contribution in [2.75, 3.05) is 38.0 Å². The average molecular weight is 357 g/mol. The number of benzene rings is 1. The number of hydrogen-bond acceptors (Lipinski definition) is 3. The van der Waals surface area contributed by atoms with Gasteiger partial charge in [0.15, 0.2) is 0 Å². The maximum Gasteiger partial charge on any atom is 0.253 e. The van der Waals surface area contributed by atoms with Crippen molar-refractivity contribution in [3.63, 3.8) is 0 Å². The zero-order valence-corrected chi connectivity index (χ0v) is 15.7. The maximum absolute atomic E-state index is 12.6. The van der Waals surface area contributed by atoms with Gasteiger partial charge < -0.3 is 15.1 Å². The first-order valence-corrected chi connectivity index (χ1v) is 10.1. The molecule has 0 radical (unpaired) electrons. The fourth-order valence-electron chi connectivity index (χ4n) is 3.80. The Labute approximate surface area is 156 Å². The van der Waals surface area contributed by atoms with Crippen LogP contribution < -0.4 is 5.32 Å². The molecule has 5 nitrogen and oxygen atoms in total. The molecular weight excluding hydrogens is 326 g/mol. The molecule has 1 aromatic rings. The summed E-state index contributed by atoms with van der Waals surface area (Å²) in [6.45, 7) is 3.80. The molecule has 2 amide bonds. The van der Waals surface area contributed by atoms with Gasteiger partial charge in [0.05, 0.1) is 6.54 Å². The van der Waals surface area contributed by atoms with E-state index in [1.807, 2.05) is 34.1 Å². The van der Waals surface area contributed by atoms with Crippen LogP contribution in [0, 0.1) is 0 Å². The standard InChI is InChI=1S/C21H31N3O2/c25-20(23-13-5-1-2-6-14-23)17-22-19-11-9-18(10-12-19)21(26)24-15-7-3-4-8-16-24/h9-12,22H,1-8,13-17H2. The Kier molecular flexibility index (Phi) is 6.92. The molecule has 2 saturated heterocycles. The minimum atomic E-state index is 0.124. The summed E-state index contributed by atoms with van der Waals surface area (Å²) in [6.07, 6.45) is 9.31. The van der Waals surface area contributed by atoms with Gasteiger partial charge in [-0.15, -0.1) is 0 Å². The summed E-state index contributed by atoms with van der Waals surface area (Å²) in [5, 5.41) is 3.20. The van der Waals surface area contributed by atoms with Crippen LogP contribution in [0.15, 0.2) is 24.3 Å². The molecule has 1 aromatic carbocycles. The Bertz CT molecular complexity index is 584. The number of likely N-dealkylation sites (tertiary alicyclic amines) is 2. The Hall–Kier alpha value is -2.04. The van der Waals surface area contributed by atoms with Gasteiger partial charge in [0.25, 0.3) is 5.91 Å². The fraction of sp³-hybridized carbons (Fsp3) is 0.619. The predicted octanol–water partition coefficient (Wildman–Crippen LogP) is 3.52. The van der Waals surface area contributed by atoms with Crippen molar-refractivity contribution in [2.24, 2.45) is 0 Å². The van der Waals surface area contributed by atoms with Crippen molar-refractivity contribution in [3.05, 3.63) is 29.8 Å². The molecule has 0 aromatic heterocycles. The van der Waals surface area contributed by atoms with E-state index in [4.69, 9.17) is 0 Å². The first kappa shape index (κ1) is 18.7. The van der Waals surface area contributed by atoms with Gasteiger partial charge in [0, 0.05) is 37.4 Å². The lowest BCUT2D eigenvalue weighted by Crippen LogP contribution is -2.36. The lowest BCUT2D eigenvalue weighted by molar-refractivity contribution is -0.129. The SMILES string of the molecule is O=C(CNc1ccc(C(=O)N2CCCCCC2)cc1)N1CCCCCC1. The Morgan fingerprint density at radius 3 is 1.77 bits per heavy atom. The normalized spacial score (nSPS) is 18.8. The molecule has 0 spiro atoms. The molecule has 142 valence electrons. The van der Waals surface area contributed by atoms with Gasteiger partial charge in [-0.25, -0.2) is 0 Å². The molecule has 0 atom stereocenters. The zero-order valence-electron chi connectivity index (χ0n) is 15.7. The van der Waals surface area contributed by atoms with E-state index in [-0.39, 0.29) is 11.8 Å². The van der Waals surface area contributed by atoms with Gasteiger partial charge in [-0.3, -0.25) is 9.59 Å². The van der Waals surface area contributed by atoms with Gasteiger partial charge >= 0.3 is 0 Å². The van der Waals surface area contributed by atoms with Gasteiger partial charge in [-0.05, 0) is 49.9 Å². The first-order valence-electron chi connectivity index (χ1n) is 10.1. The second-order valence-electron chi connectivity index (χ2n) is 7.43. The molecular formula is C21H31N3O2. The van der Waals surface area contributed by atoms with Gasteiger partial charge in [0.2, 0.25) is 5.91 Å². The molecule has 0 aliphatic carbocycles. The summed E-state index contributed by atoms with van der Waals surface area (Å²) in [5.41, 5.74) is 1.62. The Balaban J connectivity index is 1.50. The molecule has 0 saturated carbocycles. The van der Waals surface area contributed by atoms with Crippen LogP contribution in [0.2, 0.25) is 0 Å². The molecule has 0 bridgehead atoms. The highest BCUT2D eigenvalue weighted by Gasteiger charge is 2.18. The maximum atomic E-state index is 12.6. The van der Waals surface area contributed by atoms with E-state index in [1.165, 1.54) is 25.7 Å². The van der Waals surface area contributed by atoms with Crippen molar-refractivity contribution in [2.45, 2.75) is 51.4 Å². The third-order valence-electron chi connectivity index (χ3n) is 5.43. The summed E-state index contributed by atoms with van der Waals surface area (Å²) in [4.78, 5) is 28.9. The Morgan fingerprint density at radius 2 is 1.23 bits per heavy atom. The Morgan fingerprint density at radius 1 is 0.731 bits per heavy atom. The molecule has 2 fully saturated rings.